The number of hydrogen-bond donors (Lipinski definition) is 2. The standard InChI is InChI=1S/C16H21FN4O3/c1-3-20-6-8-21(9-7-20)16(24)15(23)19-14-10-12(18-11(2)22)4-5-13(14)17/h4-5,10H,3,6-9H2,1-2H3,(H,18,22)(H,19,23). The minimum atomic E-state index is -0.890. The van der Waals surface area contributed by atoms with E-state index in [0.29, 0.717) is 31.9 Å². The Kier molecular flexibility index (Phi) is 5.86. The van der Waals surface area contributed by atoms with Gasteiger partial charge < -0.3 is 20.4 Å². The van der Waals surface area contributed by atoms with Gasteiger partial charge in [0.25, 0.3) is 0 Å². The Balaban J connectivity index is 2.01. The first kappa shape index (κ1) is 17.9. The summed E-state index contributed by atoms with van der Waals surface area (Å²) in [6, 6.07) is 3.76. The van der Waals surface area contributed by atoms with Crippen LogP contribution in [0.4, 0.5) is 15.8 Å². The Bertz CT molecular complexity index is 642. The lowest BCUT2D eigenvalue weighted by molar-refractivity contribution is -0.144. The van der Waals surface area contributed by atoms with Crippen LogP contribution in [0.25, 0.3) is 0 Å². The summed E-state index contributed by atoms with van der Waals surface area (Å²) in [6.07, 6.45) is 0. The molecular formula is C16H21FN4O3. The first-order valence-electron chi connectivity index (χ1n) is 7.80. The Morgan fingerprint density at radius 2 is 1.79 bits per heavy atom. The molecule has 0 unspecified atom stereocenters. The van der Waals surface area contributed by atoms with Gasteiger partial charge in [-0.1, -0.05) is 6.92 Å². The molecule has 24 heavy (non-hydrogen) atoms. The largest absolute Gasteiger partial charge is 0.332 e. The Labute approximate surface area is 139 Å². The fraction of sp³-hybridized carbons (Fsp3) is 0.438. The summed E-state index contributed by atoms with van der Waals surface area (Å²) in [6.45, 7) is 6.61. The SMILES string of the molecule is CCN1CCN(C(=O)C(=O)Nc2cc(NC(C)=O)ccc2F)CC1. The van der Waals surface area contributed by atoms with Gasteiger partial charge in [-0.05, 0) is 24.7 Å². The fourth-order valence-corrected chi connectivity index (χ4v) is 2.49. The third-order valence-electron chi connectivity index (χ3n) is 3.84. The van der Waals surface area contributed by atoms with Crippen LogP contribution in [0.15, 0.2) is 18.2 Å². The van der Waals surface area contributed by atoms with Crippen molar-refractivity contribution >= 4 is 29.1 Å². The van der Waals surface area contributed by atoms with Crippen molar-refractivity contribution in [1.29, 1.82) is 0 Å². The first-order valence-corrected chi connectivity index (χ1v) is 7.80. The van der Waals surface area contributed by atoms with Crippen LogP contribution in [0.2, 0.25) is 0 Å². The molecule has 1 saturated heterocycles. The van der Waals surface area contributed by atoms with Crippen LogP contribution < -0.4 is 10.6 Å². The molecule has 0 atom stereocenters. The van der Waals surface area contributed by atoms with Crippen LogP contribution in [0.1, 0.15) is 13.8 Å². The van der Waals surface area contributed by atoms with Crippen molar-refractivity contribution in [3.63, 3.8) is 0 Å². The maximum atomic E-state index is 13.8. The van der Waals surface area contributed by atoms with E-state index < -0.39 is 17.6 Å². The van der Waals surface area contributed by atoms with Gasteiger partial charge in [0.2, 0.25) is 5.91 Å². The van der Waals surface area contributed by atoms with E-state index in [1.54, 1.807) is 0 Å². The van der Waals surface area contributed by atoms with Crippen molar-refractivity contribution < 1.29 is 18.8 Å². The summed E-state index contributed by atoms with van der Waals surface area (Å²) in [5.41, 5.74) is 0.190. The highest BCUT2D eigenvalue weighted by Crippen LogP contribution is 2.20. The zero-order chi connectivity index (χ0) is 17.7. The molecule has 1 aliphatic rings. The Morgan fingerprint density at radius 1 is 1.12 bits per heavy atom. The lowest BCUT2D eigenvalue weighted by Gasteiger charge is -2.33. The summed E-state index contributed by atoms with van der Waals surface area (Å²) in [5, 5.41) is 4.77. The third-order valence-corrected chi connectivity index (χ3v) is 3.84. The van der Waals surface area contributed by atoms with E-state index in [2.05, 4.69) is 15.5 Å². The molecule has 8 heteroatoms. The van der Waals surface area contributed by atoms with Gasteiger partial charge in [-0.25, -0.2) is 4.39 Å². The van der Waals surface area contributed by atoms with Crippen molar-refractivity contribution in [3.8, 4) is 0 Å². The molecule has 0 aliphatic carbocycles. The van der Waals surface area contributed by atoms with Crippen molar-refractivity contribution in [3.05, 3.63) is 24.0 Å². The van der Waals surface area contributed by atoms with Gasteiger partial charge in [-0.15, -0.1) is 0 Å². The van der Waals surface area contributed by atoms with E-state index in [1.807, 2.05) is 6.92 Å². The van der Waals surface area contributed by atoms with E-state index in [4.69, 9.17) is 0 Å². The normalized spacial score (nSPS) is 15.0. The molecule has 0 aromatic heterocycles. The quantitative estimate of drug-likeness (QED) is 0.803. The van der Waals surface area contributed by atoms with Crippen molar-refractivity contribution in [2.75, 3.05) is 43.4 Å². The number of halogens is 1. The number of carbonyl (C=O) groups is 3. The second-order valence-corrected chi connectivity index (χ2v) is 5.56. The van der Waals surface area contributed by atoms with Crippen LogP contribution in [-0.2, 0) is 14.4 Å². The summed E-state index contributed by atoms with van der Waals surface area (Å²) >= 11 is 0. The molecule has 0 radical (unpaired) electrons. The molecule has 0 spiro atoms. The number of carbonyl (C=O) groups excluding carboxylic acids is 3. The van der Waals surface area contributed by atoms with E-state index in [1.165, 1.54) is 24.0 Å². The summed E-state index contributed by atoms with van der Waals surface area (Å²) in [7, 11) is 0. The average molecular weight is 336 g/mol. The second-order valence-electron chi connectivity index (χ2n) is 5.56. The number of nitrogens with one attached hydrogen (secondary N) is 2. The summed E-state index contributed by atoms with van der Waals surface area (Å²) in [4.78, 5) is 38.9. The van der Waals surface area contributed by atoms with Gasteiger partial charge in [0.05, 0.1) is 5.69 Å². The van der Waals surface area contributed by atoms with Crippen LogP contribution in [0.5, 0.6) is 0 Å². The minimum absolute atomic E-state index is 0.146. The first-order chi connectivity index (χ1) is 11.4. The molecule has 3 amide bonds. The number of piperazine rings is 1. The number of anilines is 2. The number of benzene rings is 1. The predicted molar refractivity (Wildman–Crippen MR) is 88.0 cm³/mol. The maximum absolute atomic E-state index is 13.8. The van der Waals surface area contributed by atoms with Crippen LogP contribution in [0.3, 0.4) is 0 Å². The Hall–Kier alpha value is -2.48. The topological polar surface area (TPSA) is 81.8 Å². The van der Waals surface area contributed by atoms with Crippen LogP contribution in [0, 0.1) is 5.82 Å². The molecule has 1 heterocycles. The lowest BCUT2D eigenvalue weighted by atomic mass is 10.2. The number of amides is 3. The number of rotatable bonds is 3. The fourth-order valence-electron chi connectivity index (χ4n) is 2.49. The second kappa shape index (κ2) is 7.87. The van der Waals surface area contributed by atoms with Crippen molar-refractivity contribution in [2.45, 2.75) is 13.8 Å². The highest BCUT2D eigenvalue weighted by molar-refractivity contribution is 6.39. The van der Waals surface area contributed by atoms with E-state index in [0.717, 1.165) is 12.6 Å². The predicted octanol–water partition coefficient (Wildman–Crippen LogP) is 0.887. The molecule has 1 aromatic carbocycles. The molecule has 2 N–H and O–H groups in total. The third kappa shape index (κ3) is 4.51. The molecule has 0 saturated carbocycles. The minimum Gasteiger partial charge on any atom is -0.332 e. The highest BCUT2D eigenvalue weighted by Gasteiger charge is 2.26. The molecule has 7 nitrogen and oxygen atoms in total. The molecule has 1 aromatic rings. The molecule has 130 valence electrons. The van der Waals surface area contributed by atoms with Gasteiger partial charge in [0, 0.05) is 38.8 Å². The average Bonchev–Trinajstić information content (AvgIpc) is 2.56. The molecule has 1 fully saturated rings. The van der Waals surface area contributed by atoms with Crippen molar-refractivity contribution in [2.24, 2.45) is 0 Å². The monoisotopic (exact) mass is 336 g/mol. The molecule has 1 aliphatic heterocycles. The van der Waals surface area contributed by atoms with Gasteiger partial charge in [0.15, 0.2) is 0 Å². The van der Waals surface area contributed by atoms with Crippen LogP contribution in [-0.4, -0.2) is 60.2 Å². The van der Waals surface area contributed by atoms with E-state index >= 15 is 0 Å². The Morgan fingerprint density at radius 3 is 2.38 bits per heavy atom. The lowest BCUT2D eigenvalue weighted by Crippen LogP contribution is -2.51. The molecular weight excluding hydrogens is 315 g/mol. The highest BCUT2D eigenvalue weighted by atomic mass is 19.1. The van der Waals surface area contributed by atoms with E-state index in [9.17, 15) is 18.8 Å². The number of nitrogens with zero attached hydrogens (tertiary/aromatic N) is 2. The zero-order valence-electron chi connectivity index (χ0n) is 13.8. The van der Waals surface area contributed by atoms with Gasteiger partial charge in [-0.3, -0.25) is 14.4 Å². The van der Waals surface area contributed by atoms with E-state index in [-0.39, 0.29) is 11.6 Å². The smallest absolute Gasteiger partial charge is 0.313 e. The zero-order valence-corrected chi connectivity index (χ0v) is 13.8. The van der Waals surface area contributed by atoms with Gasteiger partial charge in [-0.2, -0.15) is 0 Å². The maximum Gasteiger partial charge on any atom is 0.313 e. The number of likely N-dealkylation sites (N-methyl/N-ethyl adjacent to an activating group) is 1. The molecule has 2 rings (SSSR count). The number of hydrogen-bond acceptors (Lipinski definition) is 4. The van der Waals surface area contributed by atoms with Crippen molar-refractivity contribution in [1.82, 2.24) is 9.80 Å². The summed E-state index contributed by atoms with van der Waals surface area (Å²) in [5.74, 6) is -2.57. The van der Waals surface area contributed by atoms with Crippen LogP contribution >= 0.6 is 0 Å². The summed E-state index contributed by atoms with van der Waals surface area (Å²) < 4.78 is 13.8. The molecule has 0 bridgehead atoms. The van der Waals surface area contributed by atoms with Gasteiger partial charge in [0.1, 0.15) is 5.82 Å². The van der Waals surface area contributed by atoms with Gasteiger partial charge >= 0.3 is 11.8 Å².